The highest BCUT2D eigenvalue weighted by atomic mass is 19.1. The Labute approximate surface area is 179 Å². The molecular weight excluding hydrogens is 408 g/mol. The first kappa shape index (κ1) is 22.8. The van der Waals surface area contributed by atoms with Crippen LogP contribution < -0.4 is 0 Å². The predicted octanol–water partition coefficient (Wildman–Crippen LogP) is 3.69. The molecule has 1 atom stereocenters. The van der Waals surface area contributed by atoms with Crippen LogP contribution in [0, 0.1) is 11.6 Å². The van der Waals surface area contributed by atoms with Gasteiger partial charge in [-0.1, -0.05) is 24.3 Å². The Morgan fingerprint density at radius 3 is 2.65 bits per heavy atom. The summed E-state index contributed by atoms with van der Waals surface area (Å²) in [7, 11) is 0. The second kappa shape index (κ2) is 9.98. The van der Waals surface area contributed by atoms with Gasteiger partial charge in [0, 0.05) is 24.1 Å². The highest BCUT2D eigenvalue weighted by Crippen LogP contribution is 2.35. The van der Waals surface area contributed by atoms with Gasteiger partial charge in [0.15, 0.2) is 5.79 Å². The summed E-state index contributed by atoms with van der Waals surface area (Å²) >= 11 is 0. The van der Waals surface area contributed by atoms with Gasteiger partial charge in [-0.2, -0.15) is 0 Å². The molecule has 0 saturated carbocycles. The third-order valence-electron chi connectivity index (χ3n) is 5.48. The maximum Gasteiger partial charge on any atom is 0.290 e. The fourth-order valence-corrected chi connectivity index (χ4v) is 4.08. The molecule has 1 aliphatic carbocycles. The van der Waals surface area contributed by atoms with Crippen LogP contribution in [0.25, 0.3) is 5.57 Å². The Morgan fingerprint density at radius 1 is 1.26 bits per heavy atom. The third kappa shape index (κ3) is 5.45. The minimum absolute atomic E-state index is 0.0239. The van der Waals surface area contributed by atoms with Crippen LogP contribution in [0.15, 0.2) is 48.1 Å². The van der Waals surface area contributed by atoms with Crippen LogP contribution in [0.3, 0.4) is 0 Å². The van der Waals surface area contributed by atoms with Crippen LogP contribution >= 0.6 is 0 Å². The molecule has 1 aromatic carbocycles. The first-order chi connectivity index (χ1) is 14.9. The Hall–Kier alpha value is -2.84. The lowest BCUT2D eigenvalue weighted by atomic mass is 10.0. The molecule has 0 aromatic heterocycles. The Bertz CT molecular complexity index is 919. The number of amides is 1. The van der Waals surface area contributed by atoms with Crippen molar-refractivity contribution in [2.24, 2.45) is 0 Å². The van der Waals surface area contributed by atoms with Crippen molar-refractivity contribution in [2.45, 2.75) is 38.0 Å². The molecule has 31 heavy (non-hydrogen) atoms. The molecule has 0 radical (unpaired) electrons. The first-order valence-electron chi connectivity index (χ1n) is 10.1. The monoisotopic (exact) mass is 433 g/mol. The number of carbonyl (C=O) groups excluding carboxylic acids is 1. The summed E-state index contributed by atoms with van der Waals surface area (Å²) in [6.07, 6.45) is 8.97. The number of hydrogen-bond acceptors (Lipinski definition) is 4. The number of carboxylic acid groups (broad SMARTS) is 1. The molecule has 1 N–H and O–H groups in total. The van der Waals surface area contributed by atoms with E-state index in [1.165, 1.54) is 12.1 Å². The summed E-state index contributed by atoms with van der Waals surface area (Å²) in [5, 5.41) is 6.89. The van der Waals surface area contributed by atoms with E-state index < -0.39 is 17.4 Å². The van der Waals surface area contributed by atoms with E-state index in [4.69, 9.17) is 19.4 Å². The van der Waals surface area contributed by atoms with E-state index in [-0.39, 0.29) is 24.8 Å². The van der Waals surface area contributed by atoms with Gasteiger partial charge in [-0.25, -0.2) is 8.78 Å². The van der Waals surface area contributed by atoms with Gasteiger partial charge in [0.05, 0.1) is 26.2 Å². The predicted molar refractivity (Wildman–Crippen MR) is 110 cm³/mol. The minimum atomic E-state index is -0.641. The summed E-state index contributed by atoms with van der Waals surface area (Å²) in [5.74, 6) is -1.81. The van der Waals surface area contributed by atoms with E-state index in [1.807, 2.05) is 30.1 Å². The molecule has 4 rings (SSSR count). The van der Waals surface area contributed by atoms with E-state index in [1.54, 1.807) is 6.08 Å². The summed E-state index contributed by atoms with van der Waals surface area (Å²) < 4.78 is 38.7. The Balaban J connectivity index is 0.000000858. The molecule has 2 fully saturated rings. The second-order valence-corrected chi connectivity index (χ2v) is 7.60. The van der Waals surface area contributed by atoms with Crippen LogP contribution in [0.4, 0.5) is 8.78 Å². The quantitative estimate of drug-likeness (QED) is 0.736. The molecule has 166 valence electrons. The highest BCUT2D eigenvalue weighted by Gasteiger charge is 2.48. The first-order valence-corrected chi connectivity index (χ1v) is 10.1. The molecule has 1 spiro atoms. The molecule has 2 saturated heterocycles. The molecular formula is C23H25F2NO5. The van der Waals surface area contributed by atoms with Crippen molar-refractivity contribution in [1.29, 1.82) is 0 Å². The molecule has 2 aliphatic heterocycles. The number of ether oxygens (including phenoxy) is 2. The van der Waals surface area contributed by atoms with Crippen molar-refractivity contribution in [3.05, 3.63) is 65.3 Å². The zero-order valence-corrected chi connectivity index (χ0v) is 17.2. The van der Waals surface area contributed by atoms with Gasteiger partial charge in [0.2, 0.25) is 5.91 Å². The van der Waals surface area contributed by atoms with Gasteiger partial charge in [-0.3, -0.25) is 9.59 Å². The molecule has 8 heteroatoms. The van der Waals surface area contributed by atoms with Crippen molar-refractivity contribution in [2.75, 3.05) is 19.8 Å². The fourth-order valence-electron chi connectivity index (χ4n) is 4.08. The molecule has 6 nitrogen and oxygen atoms in total. The van der Waals surface area contributed by atoms with E-state index >= 15 is 0 Å². The molecule has 1 amide bonds. The number of halogens is 2. The van der Waals surface area contributed by atoms with Crippen molar-refractivity contribution in [1.82, 2.24) is 4.90 Å². The summed E-state index contributed by atoms with van der Waals surface area (Å²) in [6.45, 7) is 3.34. The van der Waals surface area contributed by atoms with Crippen LogP contribution in [0.5, 0.6) is 0 Å². The third-order valence-corrected chi connectivity index (χ3v) is 5.48. The molecule has 2 heterocycles. The van der Waals surface area contributed by atoms with E-state index in [2.05, 4.69) is 0 Å². The van der Waals surface area contributed by atoms with E-state index in [0.717, 1.165) is 11.6 Å². The lowest BCUT2D eigenvalue weighted by Crippen LogP contribution is -2.38. The normalized spacial score (nSPS) is 21.8. The van der Waals surface area contributed by atoms with Crippen molar-refractivity contribution in [3.8, 4) is 0 Å². The van der Waals surface area contributed by atoms with Crippen LogP contribution in [0.1, 0.15) is 31.7 Å². The lowest BCUT2D eigenvalue weighted by Gasteiger charge is -2.23. The van der Waals surface area contributed by atoms with Gasteiger partial charge in [0.1, 0.15) is 11.6 Å². The summed E-state index contributed by atoms with van der Waals surface area (Å²) in [4.78, 5) is 23.0. The average Bonchev–Trinajstić information content (AvgIpc) is 3.23. The number of nitrogens with zero attached hydrogens (tertiary/aromatic N) is 1. The second-order valence-electron chi connectivity index (χ2n) is 7.60. The molecule has 0 bridgehead atoms. The number of benzene rings is 1. The van der Waals surface area contributed by atoms with Crippen molar-refractivity contribution in [3.63, 3.8) is 0 Å². The molecule has 1 unspecified atom stereocenters. The standard InChI is InChI=1S/C22H23F2NO3.CH2O2/c1-15-13-22(27-9-10-28-22)14-25(15)21(26)11-16-3-2-4-17(6-5-16)19-8-7-18(23)12-20(19)24;2-1-3/h3-8,12,15H,2,9-11,13-14H2,1H3;1H,(H,2,3). The largest absolute Gasteiger partial charge is 0.483 e. The summed E-state index contributed by atoms with van der Waals surface area (Å²) in [5.41, 5.74) is 1.90. The van der Waals surface area contributed by atoms with Gasteiger partial charge in [-0.05, 0) is 36.6 Å². The highest BCUT2D eigenvalue weighted by molar-refractivity contribution is 5.81. The van der Waals surface area contributed by atoms with Gasteiger partial charge in [-0.15, -0.1) is 0 Å². The maximum atomic E-state index is 14.1. The van der Waals surface area contributed by atoms with Gasteiger partial charge < -0.3 is 19.5 Å². The number of likely N-dealkylation sites (tertiary alicyclic amines) is 1. The topological polar surface area (TPSA) is 76.1 Å². The smallest absolute Gasteiger partial charge is 0.290 e. The van der Waals surface area contributed by atoms with Crippen molar-refractivity contribution >= 4 is 18.0 Å². The molecule has 3 aliphatic rings. The number of carbonyl (C=O) groups is 2. The average molecular weight is 433 g/mol. The fraction of sp³-hybridized carbons (Fsp3) is 0.391. The number of hydrogen-bond donors (Lipinski definition) is 1. The SMILES string of the molecule is CC1CC2(CN1C(=O)CC1=CCC=C(c3ccc(F)cc3F)C=C1)OCCO2.O=CO. The van der Waals surface area contributed by atoms with Gasteiger partial charge >= 0.3 is 0 Å². The number of allylic oxidation sites excluding steroid dienone is 5. The Morgan fingerprint density at radius 2 is 1.97 bits per heavy atom. The number of rotatable bonds is 3. The van der Waals surface area contributed by atoms with Crippen LogP contribution in [0.2, 0.25) is 0 Å². The molecule has 1 aromatic rings. The maximum absolute atomic E-state index is 14.1. The Kier molecular flexibility index (Phi) is 7.35. The zero-order chi connectivity index (χ0) is 22.4. The summed E-state index contributed by atoms with van der Waals surface area (Å²) in [6, 6.07) is 3.62. The lowest BCUT2D eigenvalue weighted by molar-refractivity contribution is -0.152. The van der Waals surface area contributed by atoms with Gasteiger partial charge in [0.25, 0.3) is 6.47 Å². The van der Waals surface area contributed by atoms with E-state index in [9.17, 15) is 13.6 Å². The minimum Gasteiger partial charge on any atom is -0.483 e. The van der Waals surface area contributed by atoms with Crippen molar-refractivity contribution < 1.29 is 33.0 Å². The zero-order valence-electron chi connectivity index (χ0n) is 17.2. The van der Waals surface area contributed by atoms with E-state index in [0.29, 0.717) is 43.7 Å². The van der Waals surface area contributed by atoms with Crippen LogP contribution in [-0.2, 0) is 19.1 Å². The van der Waals surface area contributed by atoms with Crippen LogP contribution in [-0.4, -0.2) is 54.0 Å².